The Balaban J connectivity index is 2.17. The highest BCUT2D eigenvalue weighted by atomic mass is 79.9. The molecule has 0 fully saturated rings. The van der Waals surface area contributed by atoms with Gasteiger partial charge in [0.25, 0.3) is 0 Å². The summed E-state index contributed by atoms with van der Waals surface area (Å²) in [6.45, 7) is 2.01. The van der Waals surface area contributed by atoms with Crippen LogP contribution < -0.4 is 0 Å². The van der Waals surface area contributed by atoms with Crippen LogP contribution in [0.2, 0.25) is 5.02 Å². The molecule has 0 amide bonds. The molecule has 0 aliphatic rings. The van der Waals surface area contributed by atoms with Crippen molar-refractivity contribution in [3.05, 3.63) is 68.8 Å². The second kappa shape index (κ2) is 5.08. The summed E-state index contributed by atoms with van der Waals surface area (Å²) in [5.74, 6) is -0.0452. The van der Waals surface area contributed by atoms with Crippen LogP contribution in [0, 0.1) is 6.92 Å². The van der Waals surface area contributed by atoms with Crippen LogP contribution in [0.15, 0.2) is 47.1 Å². The van der Waals surface area contributed by atoms with E-state index < -0.39 is 0 Å². The lowest BCUT2D eigenvalue weighted by Gasteiger charge is -2.04. The molecular weight excluding hydrogens is 338 g/mol. The highest BCUT2D eigenvalue weighted by Crippen LogP contribution is 2.27. The quantitative estimate of drug-likeness (QED) is 0.640. The Morgan fingerprint density at radius 3 is 2.75 bits per heavy atom. The Hall–Kier alpha value is -1.58. The maximum atomic E-state index is 12.7. The van der Waals surface area contributed by atoms with Crippen LogP contribution in [-0.4, -0.2) is 10.8 Å². The zero-order chi connectivity index (χ0) is 14.3. The molecule has 0 aliphatic carbocycles. The van der Waals surface area contributed by atoms with Crippen molar-refractivity contribution in [2.24, 2.45) is 0 Å². The minimum atomic E-state index is -0.0452. The summed E-state index contributed by atoms with van der Waals surface area (Å²) < 4.78 is 0.744. The van der Waals surface area contributed by atoms with Gasteiger partial charge in [0, 0.05) is 37.7 Å². The van der Waals surface area contributed by atoms with Crippen molar-refractivity contribution in [2.45, 2.75) is 6.92 Å². The molecule has 3 rings (SSSR count). The maximum absolute atomic E-state index is 12.7. The predicted octanol–water partition coefficient (Wildman–Crippen LogP) is 5.12. The Morgan fingerprint density at radius 1 is 1.15 bits per heavy atom. The molecule has 1 heterocycles. The van der Waals surface area contributed by atoms with Gasteiger partial charge in [0.15, 0.2) is 5.78 Å². The standard InChI is InChI=1S/C16H11BrClNO/c1-9-2-5-15-11(6-9)13(8-19-15)16(20)12-7-10(18)3-4-14(12)17/h2-8,19H,1H3. The molecule has 0 radical (unpaired) electrons. The monoisotopic (exact) mass is 347 g/mol. The Bertz CT molecular complexity index is 822. The number of hydrogen-bond acceptors (Lipinski definition) is 1. The Morgan fingerprint density at radius 2 is 1.95 bits per heavy atom. The zero-order valence-electron chi connectivity index (χ0n) is 10.7. The summed E-state index contributed by atoms with van der Waals surface area (Å²) in [6.07, 6.45) is 1.75. The summed E-state index contributed by atoms with van der Waals surface area (Å²) >= 11 is 9.39. The van der Waals surface area contributed by atoms with Crippen LogP contribution in [0.1, 0.15) is 21.5 Å². The maximum Gasteiger partial charge on any atom is 0.196 e. The van der Waals surface area contributed by atoms with E-state index in [0.29, 0.717) is 16.1 Å². The number of rotatable bonds is 2. The van der Waals surface area contributed by atoms with Crippen molar-refractivity contribution in [2.75, 3.05) is 0 Å². The van der Waals surface area contributed by atoms with Crippen LogP contribution in [0.25, 0.3) is 10.9 Å². The molecule has 2 aromatic carbocycles. The summed E-state index contributed by atoms with van der Waals surface area (Å²) in [4.78, 5) is 15.8. The smallest absolute Gasteiger partial charge is 0.196 e. The first kappa shape index (κ1) is 13.4. The van der Waals surface area contributed by atoms with Crippen LogP contribution in [-0.2, 0) is 0 Å². The molecule has 100 valence electrons. The van der Waals surface area contributed by atoms with Gasteiger partial charge in [-0.15, -0.1) is 0 Å². The lowest BCUT2D eigenvalue weighted by Crippen LogP contribution is -2.01. The number of aromatic nitrogens is 1. The SMILES string of the molecule is Cc1ccc2[nH]cc(C(=O)c3cc(Cl)ccc3Br)c2c1. The van der Waals surface area contributed by atoms with Gasteiger partial charge >= 0.3 is 0 Å². The van der Waals surface area contributed by atoms with Gasteiger partial charge in [-0.1, -0.05) is 39.2 Å². The summed E-state index contributed by atoms with van der Waals surface area (Å²) in [5.41, 5.74) is 3.31. The number of fused-ring (bicyclic) bond motifs is 1. The van der Waals surface area contributed by atoms with E-state index >= 15 is 0 Å². The fourth-order valence-corrected chi connectivity index (χ4v) is 2.84. The molecule has 0 atom stereocenters. The molecule has 20 heavy (non-hydrogen) atoms. The van der Waals surface area contributed by atoms with E-state index in [4.69, 9.17) is 11.6 Å². The van der Waals surface area contributed by atoms with E-state index in [1.54, 1.807) is 24.4 Å². The van der Waals surface area contributed by atoms with Gasteiger partial charge in [0.1, 0.15) is 0 Å². The van der Waals surface area contributed by atoms with Crippen molar-refractivity contribution in [1.29, 1.82) is 0 Å². The highest BCUT2D eigenvalue weighted by Gasteiger charge is 2.17. The minimum absolute atomic E-state index is 0.0452. The second-order valence-electron chi connectivity index (χ2n) is 4.70. The summed E-state index contributed by atoms with van der Waals surface area (Å²) in [6, 6.07) is 11.2. The fraction of sp³-hybridized carbons (Fsp3) is 0.0625. The topological polar surface area (TPSA) is 32.9 Å². The third kappa shape index (κ3) is 2.28. The average Bonchev–Trinajstić information content (AvgIpc) is 2.83. The van der Waals surface area contributed by atoms with Crippen LogP contribution in [0.4, 0.5) is 0 Å². The van der Waals surface area contributed by atoms with Crippen molar-refractivity contribution in [3.63, 3.8) is 0 Å². The molecule has 0 bridgehead atoms. The van der Waals surface area contributed by atoms with Gasteiger partial charge < -0.3 is 4.98 Å². The van der Waals surface area contributed by atoms with Gasteiger partial charge in [-0.05, 0) is 37.3 Å². The highest BCUT2D eigenvalue weighted by molar-refractivity contribution is 9.10. The minimum Gasteiger partial charge on any atom is -0.360 e. The number of halogens is 2. The number of carbonyl (C=O) groups excluding carboxylic acids is 1. The van der Waals surface area contributed by atoms with E-state index in [9.17, 15) is 4.79 Å². The molecule has 1 aromatic heterocycles. The predicted molar refractivity (Wildman–Crippen MR) is 85.6 cm³/mol. The molecule has 0 saturated heterocycles. The molecule has 0 unspecified atom stereocenters. The van der Waals surface area contributed by atoms with Gasteiger partial charge in [0.05, 0.1) is 0 Å². The zero-order valence-corrected chi connectivity index (χ0v) is 13.0. The fourth-order valence-electron chi connectivity index (χ4n) is 2.24. The van der Waals surface area contributed by atoms with Gasteiger partial charge in [-0.2, -0.15) is 0 Å². The van der Waals surface area contributed by atoms with Crippen molar-refractivity contribution in [3.8, 4) is 0 Å². The molecule has 0 aliphatic heterocycles. The van der Waals surface area contributed by atoms with Crippen LogP contribution in [0.3, 0.4) is 0 Å². The first-order valence-electron chi connectivity index (χ1n) is 6.14. The third-order valence-electron chi connectivity index (χ3n) is 3.25. The molecule has 4 heteroatoms. The van der Waals surface area contributed by atoms with Crippen molar-refractivity contribution >= 4 is 44.2 Å². The number of aryl methyl sites for hydroxylation is 1. The van der Waals surface area contributed by atoms with E-state index in [2.05, 4.69) is 20.9 Å². The van der Waals surface area contributed by atoms with Gasteiger partial charge in [0.2, 0.25) is 0 Å². The molecule has 0 saturated carbocycles. The number of H-pyrrole nitrogens is 1. The van der Waals surface area contributed by atoms with Gasteiger partial charge in [-0.3, -0.25) is 4.79 Å². The molecule has 3 aromatic rings. The number of ketones is 1. The van der Waals surface area contributed by atoms with Gasteiger partial charge in [-0.25, -0.2) is 0 Å². The lowest BCUT2D eigenvalue weighted by molar-refractivity contribution is 0.103. The number of hydrogen-bond donors (Lipinski definition) is 1. The summed E-state index contributed by atoms with van der Waals surface area (Å²) in [7, 11) is 0. The molecular formula is C16H11BrClNO. The van der Waals surface area contributed by atoms with E-state index in [1.165, 1.54) is 0 Å². The van der Waals surface area contributed by atoms with Crippen LogP contribution >= 0.6 is 27.5 Å². The van der Waals surface area contributed by atoms with E-state index in [0.717, 1.165) is 20.9 Å². The first-order valence-corrected chi connectivity index (χ1v) is 7.31. The van der Waals surface area contributed by atoms with E-state index in [-0.39, 0.29) is 5.78 Å². The number of carbonyl (C=O) groups is 1. The van der Waals surface area contributed by atoms with Crippen LogP contribution in [0.5, 0.6) is 0 Å². The molecule has 2 nitrogen and oxygen atoms in total. The van der Waals surface area contributed by atoms with E-state index in [1.807, 2.05) is 25.1 Å². The first-order chi connectivity index (χ1) is 9.56. The van der Waals surface area contributed by atoms with Crippen molar-refractivity contribution < 1.29 is 4.79 Å². The number of aromatic amines is 1. The average molecular weight is 349 g/mol. The van der Waals surface area contributed by atoms with Crippen molar-refractivity contribution in [1.82, 2.24) is 4.98 Å². The molecule has 0 spiro atoms. The lowest BCUT2D eigenvalue weighted by atomic mass is 10.0. The third-order valence-corrected chi connectivity index (χ3v) is 4.18. The number of nitrogens with one attached hydrogen (secondary N) is 1. The summed E-state index contributed by atoms with van der Waals surface area (Å²) in [5, 5.41) is 1.48. The number of benzene rings is 2. The second-order valence-corrected chi connectivity index (χ2v) is 6.00. The largest absolute Gasteiger partial charge is 0.360 e. The molecule has 1 N–H and O–H groups in total. The Kier molecular flexibility index (Phi) is 3.40. The normalized spacial score (nSPS) is 10.9. The Labute approximate surface area is 129 Å².